The van der Waals surface area contributed by atoms with E-state index in [0.29, 0.717) is 22.8 Å². The lowest BCUT2D eigenvalue weighted by molar-refractivity contribution is 0.113. The van der Waals surface area contributed by atoms with Crippen molar-refractivity contribution in [3.63, 3.8) is 0 Å². The van der Waals surface area contributed by atoms with Gasteiger partial charge in [-0.15, -0.1) is 0 Å². The zero-order valence-electron chi connectivity index (χ0n) is 13.0. The van der Waals surface area contributed by atoms with Gasteiger partial charge in [-0.2, -0.15) is 5.26 Å². The highest BCUT2D eigenvalue weighted by Crippen LogP contribution is 2.50. The maximum absolute atomic E-state index is 9.19. The third-order valence-electron chi connectivity index (χ3n) is 3.96. The molecule has 1 aromatic carbocycles. The highest BCUT2D eigenvalue weighted by Gasteiger charge is 2.65. The number of hydrogen-bond acceptors (Lipinski definition) is 6. The Bertz CT molecular complexity index is 832. The van der Waals surface area contributed by atoms with Crippen LogP contribution in [0.4, 0.5) is 0 Å². The van der Waals surface area contributed by atoms with Crippen molar-refractivity contribution in [2.45, 2.75) is 25.3 Å². The minimum atomic E-state index is -0.882. The summed E-state index contributed by atoms with van der Waals surface area (Å²) in [6.45, 7) is 3.76. The maximum Gasteiger partial charge on any atom is 0.290 e. The highest BCUT2D eigenvalue weighted by atomic mass is 16.9. The molecule has 0 radical (unpaired) electrons. The summed E-state index contributed by atoms with van der Waals surface area (Å²) in [4.78, 5) is 10.5. The van der Waals surface area contributed by atoms with E-state index in [0.717, 1.165) is 5.56 Å². The van der Waals surface area contributed by atoms with Crippen molar-refractivity contribution >= 4 is 5.71 Å². The fourth-order valence-corrected chi connectivity index (χ4v) is 2.96. The van der Waals surface area contributed by atoms with Crippen molar-refractivity contribution in [3.8, 4) is 11.8 Å². The normalized spacial score (nSPS) is 26.1. The monoisotopic (exact) mass is 309 g/mol. The van der Waals surface area contributed by atoms with E-state index in [1.165, 1.54) is 0 Å². The molecule has 0 aromatic heterocycles. The zero-order chi connectivity index (χ0) is 16.2. The molecule has 1 atom stereocenters. The molecule has 0 aliphatic carbocycles. The summed E-state index contributed by atoms with van der Waals surface area (Å²) in [6.07, 6.45) is 5.52. The molecule has 6 heteroatoms. The smallest absolute Gasteiger partial charge is 0.290 e. The van der Waals surface area contributed by atoms with E-state index < -0.39 is 11.4 Å². The first-order valence-electron chi connectivity index (χ1n) is 7.25. The molecule has 3 heterocycles. The number of nitriles is 1. The number of rotatable bonds is 2. The first-order chi connectivity index (χ1) is 11.0. The molecule has 0 bridgehead atoms. The molecule has 0 saturated carbocycles. The van der Waals surface area contributed by atoms with Gasteiger partial charge in [-0.3, -0.25) is 0 Å². The molecular formula is C17H15N3O3. The second-order valence-electron chi connectivity index (χ2n) is 5.97. The van der Waals surface area contributed by atoms with Gasteiger partial charge >= 0.3 is 0 Å². The largest absolute Gasteiger partial charge is 0.495 e. The lowest BCUT2D eigenvalue weighted by Crippen LogP contribution is -2.41. The fourth-order valence-electron chi connectivity index (χ4n) is 2.96. The molecule has 4 rings (SSSR count). The van der Waals surface area contributed by atoms with Crippen LogP contribution in [-0.4, -0.2) is 29.3 Å². The number of aliphatic imine (C=N–C) groups is 1. The van der Waals surface area contributed by atoms with Gasteiger partial charge in [0.2, 0.25) is 0 Å². The van der Waals surface area contributed by atoms with Crippen LogP contribution in [-0.2, 0) is 9.57 Å². The first kappa shape index (κ1) is 13.9. The molecule has 116 valence electrons. The van der Waals surface area contributed by atoms with Gasteiger partial charge in [0.05, 0.1) is 18.7 Å². The van der Waals surface area contributed by atoms with Crippen LogP contribution in [0.1, 0.15) is 25.0 Å². The van der Waals surface area contributed by atoms with Gasteiger partial charge in [0.15, 0.2) is 11.5 Å². The standard InChI is InChI=1S/C17H15N3O3/c1-16(2)19-15(12-9-11(10-18)6-7-13(12)22-16)17-14(21-3)5-4-8-20(17)23-17/h4-9H,1-3H3. The van der Waals surface area contributed by atoms with E-state index in [2.05, 4.69) is 6.07 Å². The minimum Gasteiger partial charge on any atom is -0.495 e. The lowest BCUT2D eigenvalue weighted by atomic mass is 9.94. The first-order valence-corrected chi connectivity index (χ1v) is 7.25. The average Bonchev–Trinajstić information content (AvgIpc) is 3.28. The Labute approximate surface area is 133 Å². The number of hydroxylamine groups is 2. The lowest BCUT2D eigenvalue weighted by Gasteiger charge is -2.32. The van der Waals surface area contributed by atoms with Crippen molar-refractivity contribution in [2.75, 3.05) is 7.11 Å². The molecule has 1 unspecified atom stereocenters. The third kappa shape index (κ3) is 1.87. The summed E-state index contributed by atoms with van der Waals surface area (Å²) in [5.74, 6) is 1.32. The Balaban J connectivity index is 1.92. The van der Waals surface area contributed by atoms with Crippen molar-refractivity contribution in [1.82, 2.24) is 5.06 Å². The van der Waals surface area contributed by atoms with E-state index in [1.54, 1.807) is 30.4 Å². The summed E-state index contributed by atoms with van der Waals surface area (Å²) in [5, 5.41) is 10.9. The molecule has 0 spiro atoms. The number of benzene rings is 1. The molecular weight excluding hydrogens is 294 g/mol. The van der Waals surface area contributed by atoms with Gasteiger partial charge in [0.1, 0.15) is 11.5 Å². The quantitative estimate of drug-likeness (QED) is 0.785. The molecule has 6 nitrogen and oxygen atoms in total. The Morgan fingerprint density at radius 3 is 2.91 bits per heavy atom. The van der Waals surface area contributed by atoms with Gasteiger partial charge in [-0.25, -0.2) is 14.9 Å². The summed E-state index contributed by atoms with van der Waals surface area (Å²) in [5.41, 5.74) is 0.344. The van der Waals surface area contributed by atoms with E-state index in [9.17, 15) is 5.26 Å². The van der Waals surface area contributed by atoms with Gasteiger partial charge in [-0.1, -0.05) is 0 Å². The predicted octanol–water partition coefficient (Wildman–Crippen LogP) is 2.48. The molecule has 3 aliphatic rings. The molecule has 1 aromatic rings. The molecule has 0 N–H and O–H groups in total. The summed E-state index contributed by atoms with van der Waals surface area (Å²) >= 11 is 0. The number of nitrogens with zero attached hydrogens (tertiary/aromatic N) is 3. The second kappa shape index (κ2) is 4.37. The summed E-state index contributed by atoms with van der Waals surface area (Å²) in [6, 6.07) is 7.44. The third-order valence-corrected chi connectivity index (χ3v) is 3.96. The Morgan fingerprint density at radius 1 is 1.35 bits per heavy atom. The van der Waals surface area contributed by atoms with E-state index in [1.807, 2.05) is 32.2 Å². The molecule has 1 fully saturated rings. The van der Waals surface area contributed by atoms with Gasteiger partial charge in [-0.05, 0) is 44.2 Å². The van der Waals surface area contributed by atoms with Crippen LogP contribution in [0.5, 0.6) is 5.75 Å². The molecule has 1 saturated heterocycles. The van der Waals surface area contributed by atoms with Crippen LogP contribution < -0.4 is 4.74 Å². The number of fused-ring (bicyclic) bond motifs is 2. The van der Waals surface area contributed by atoms with Crippen LogP contribution in [0.3, 0.4) is 0 Å². The van der Waals surface area contributed by atoms with Gasteiger partial charge in [0, 0.05) is 11.8 Å². The summed E-state index contributed by atoms with van der Waals surface area (Å²) in [7, 11) is 1.60. The molecule has 23 heavy (non-hydrogen) atoms. The Morgan fingerprint density at radius 2 is 2.17 bits per heavy atom. The number of hydrogen-bond donors (Lipinski definition) is 0. The minimum absolute atomic E-state index is 0.539. The fraction of sp³-hybridized carbons (Fsp3) is 0.294. The molecule has 0 amide bonds. The second-order valence-corrected chi connectivity index (χ2v) is 5.97. The van der Waals surface area contributed by atoms with E-state index >= 15 is 0 Å². The van der Waals surface area contributed by atoms with Crippen molar-refractivity contribution in [1.29, 1.82) is 5.26 Å². The van der Waals surface area contributed by atoms with Crippen LogP contribution in [0, 0.1) is 11.3 Å². The Hall–Kier alpha value is -2.78. The van der Waals surface area contributed by atoms with Crippen molar-refractivity contribution in [3.05, 3.63) is 53.4 Å². The van der Waals surface area contributed by atoms with E-state index in [4.69, 9.17) is 19.3 Å². The van der Waals surface area contributed by atoms with Crippen LogP contribution >= 0.6 is 0 Å². The van der Waals surface area contributed by atoms with Crippen LogP contribution in [0.2, 0.25) is 0 Å². The highest BCUT2D eigenvalue weighted by molar-refractivity contribution is 6.12. The van der Waals surface area contributed by atoms with Crippen molar-refractivity contribution in [2.24, 2.45) is 4.99 Å². The predicted molar refractivity (Wildman–Crippen MR) is 82.3 cm³/mol. The number of allylic oxidation sites excluding steroid dienone is 2. The Kier molecular flexibility index (Phi) is 2.63. The van der Waals surface area contributed by atoms with Crippen molar-refractivity contribution < 1.29 is 14.3 Å². The van der Waals surface area contributed by atoms with Crippen LogP contribution in [0.15, 0.2) is 47.3 Å². The average molecular weight is 309 g/mol. The maximum atomic E-state index is 9.19. The van der Waals surface area contributed by atoms with Gasteiger partial charge < -0.3 is 9.47 Å². The SMILES string of the molecule is COC1=CC=CN2OC12C1=NC(C)(C)Oc2ccc(C#N)cc21. The number of ether oxygens (including phenoxy) is 2. The topological polar surface area (TPSA) is 70.2 Å². The van der Waals surface area contributed by atoms with E-state index in [-0.39, 0.29) is 0 Å². The molecule has 3 aliphatic heterocycles. The summed E-state index contributed by atoms with van der Waals surface area (Å²) < 4.78 is 11.4. The van der Waals surface area contributed by atoms with Gasteiger partial charge in [0.25, 0.3) is 5.72 Å². The number of methoxy groups -OCH3 is 1. The van der Waals surface area contributed by atoms with Crippen LogP contribution in [0.25, 0.3) is 0 Å². The zero-order valence-corrected chi connectivity index (χ0v) is 13.0.